The number of nitrogens with one attached hydrogen (secondary N) is 1. The molecule has 0 saturated heterocycles. The van der Waals surface area contributed by atoms with E-state index < -0.39 is 0 Å². The fourth-order valence-electron chi connectivity index (χ4n) is 2.39. The van der Waals surface area contributed by atoms with Gasteiger partial charge in [0.1, 0.15) is 11.5 Å². The Balaban J connectivity index is 2.28. The third-order valence-corrected chi connectivity index (χ3v) is 3.44. The number of ether oxygens (including phenoxy) is 2. The molecule has 0 aliphatic carbocycles. The van der Waals surface area contributed by atoms with Gasteiger partial charge in [0.2, 0.25) is 0 Å². The van der Waals surface area contributed by atoms with Crippen LogP contribution in [0.5, 0.6) is 11.5 Å². The van der Waals surface area contributed by atoms with E-state index in [-0.39, 0.29) is 6.04 Å². The van der Waals surface area contributed by atoms with Crippen LogP contribution in [0.4, 0.5) is 0 Å². The van der Waals surface area contributed by atoms with E-state index in [9.17, 15) is 0 Å². The predicted molar refractivity (Wildman–Crippen MR) is 84.5 cm³/mol. The number of hydrogen-bond donors (Lipinski definition) is 2. The molecule has 3 N–H and O–H groups in total. The predicted octanol–water partition coefficient (Wildman–Crippen LogP) is 2.96. The Bertz CT molecular complexity index is 582. The molecule has 2 aromatic rings. The molecule has 4 nitrogen and oxygen atoms in total. The van der Waals surface area contributed by atoms with Gasteiger partial charge < -0.3 is 9.47 Å². The molecule has 0 amide bonds. The molecule has 2 aromatic carbocycles. The normalized spacial score (nSPS) is 12.0. The highest BCUT2D eigenvalue weighted by Gasteiger charge is 2.13. The standard InChI is InChI=1S/C17H22N2O2/c1-4-21-15-8-5-13(6-9-15)17(19-18)14-7-10-16(20-3)12(2)11-14/h5-11,17,19H,4,18H2,1-3H3. The second kappa shape index (κ2) is 7.11. The van der Waals surface area contributed by atoms with Crippen molar-refractivity contribution in [2.24, 2.45) is 5.84 Å². The molecule has 4 heteroatoms. The largest absolute Gasteiger partial charge is 0.496 e. The zero-order valence-electron chi connectivity index (χ0n) is 12.7. The van der Waals surface area contributed by atoms with Crippen LogP contribution in [0.3, 0.4) is 0 Å². The van der Waals surface area contributed by atoms with Gasteiger partial charge in [-0.15, -0.1) is 0 Å². The van der Waals surface area contributed by atoms with Crippen LogP contribution in [0, 0.1) is 6.92 Å². The van der Waals surface area contributed by atoms with Gasteiger partial charge in [-0.2, -0.15) is 0 Å². The van der Waals surface area contributed by atoms with Gasteiger partial charge in [0.25, 0.3) is 0 Å². The molecule has 0 aliphatic heterocycles. The monoisotopic (exact) mass is 286 g/mol. The van der Waals surface area contributed by atoms with E-state index in [1.807, 2.05) is 50.2 Å². The molecule has 0 aromatic heterocycles. The summed E-state index contributed by atoms with van der Waals surface area (Å²) < 4.78 is 10.8. The molecule has 2 rings (SSSR count). The summed E-state index contributed by atoms with van der Waals surface area (Å²) in [5, 5.41) is 0. The van der Waals surface area contributed by atoms with E-state index in [1.165, 1.54) is 0 Å². The lowest BCUT2D eigenvalue weighted by Gasteiger charge is -2.18. The van der Waals surface area contributed by atoms with Crippen molar-refractivity contribution in [3.05, 3.63) is 59.2 Å². The van der Waals surface area contributed by atoms with Gasteiger partial charge in [-0.05, 0) is 48.7 Å². The third-order valence-electron chi connectivity index (χ3n) is 3.44. The van der Waals surface area contributed by atoms with E-state index in [1.54, 1.807) is 7.11 Å². The number of rotatable bonds is 6. The summed E-state index contributed by atoms with van der Waals surface area (Å²) in [6.45, 7) is 4.65. The smallest absolute Gasteiger partial charge is 0.121 e. The second-order valence-corrected chi connectivity index (χ2v) is 4.83. The van der Waals surface area contributed by atoms with Gasteiger partial charge in [0, 0.05) is 0 Å². The van der Waals surface area contributed by atoms with E-state index in [2.05, 4.69) is 11.5 Å². The van der Waals surface area contributed by atoms with E-state index in [0.29, 0.717) is 6.61 Å². The summed E-state index contributed by atoms with van der Waals surface area (Å²) in [4.78, 5) is 0. The zero-order valence-corrected chi connectivity index (χ0v) is 12.7. The van der Waals surface area contributed by atoms with Crippen LogP contribution in [0.1, 0.15) is 29.7 Å². The van der Waals surface area contributed by atoms with Gasteiger partial charge in [0.15, 0.2) is 0 Å². The minimum absolute atomic E-state index is 0.0646. The average molecular weight is 286 g/mol. The highest BCUT2D eigenvalue weighted by molar-refractivity contribution is 5.41. The van der Waals surface area contributed by atoms with E-state index in [4.69, 9.17) is 15.3 Å². The molecule has 21 heavy (non-hydrogen) atoms. The van der Waals surface area contributed by atoms with Crippen molar-refractivity contribution in [3.63, 3.8) is 0 Å². The summed E-state index contributed by atoms with van der Waals surface area (Å²) in [7, 11) is 1.67. The van der Waals surface area contributed by atoms with Gasteiger partial charge in [-0.25, -0.2) is 5.43 Å². The number of nitrogens with two attached hydrogens (primary N) is 1. The summed E-state index contributed by atoms with van der Waals surface area (Å²) in [5.74, 6) is 7.48. The topological polar surface area (TPSA) is 56.5 Å². The van der Waals surface area contributed by atoms with Crippen LogP contribution >= 0.6 is 0 Å². The molecule has 1 unspecified atom stereocenters. The summed E-state index contributed by atoms with van der Waals surface area (Å²) in [6.07, 6.45) is 0. The van der Waals surface area contributed by atoms with Crippen molar-refractivity contribution in [2.45, 2.75) is 19.9 Å². The first kappa shape index (κ1) is 15.4. The third kappa shape index (κ3) is 3.54. The van der Waals surface area contributed by atoms with Gasteiger partial charge in [-0.3, -0.25) is 5.84 Å². The average Bonchev–Trinajstić information content (AvgIpc) is 2.50. The Morgan fingerprint density at radius 1 is 1.10 bits per heavy atom. The lowest BCUT2D eigenvalue weighted by molar-refractivity contribution is 0.340. The fraction of sp³-hybridized carbons (Fsp3) is 0.294. The van der Waals surface area contributed by atoms with Crippen molar-refractivity contribution in [3.8, 4) is 11.5 Å². The lowest BCUT2D eigenvalue weighted by Crippen LogP contribution is -2.28. The zero-order chi connectivity index (χ0) is 15.2. The Morgan fingerprint density at radius 3 is 2.29 bits per heavy atom. The van der Waals surface area contributed by atoms with E-state index in [0.717, 1.165) is 28.2 Å². The Hall–Kier alpha value is -2.04. The summed E-state index contributed by atoms with van der Waals surface area (Å²) in [6, 6.07) is 14.0. The van der Waals surface area contributed by atoms with Crippen molar-refractivity contribution in [1.82, 2.24) is 5.43 Å². The second-order valence-electron chi connectivity index (χ2n) is 4.83. The SMILES string of the molecule is CCOc1ccc(C(NN)c2ccc(OC)c(C)c2)cc1. The van der Waals surface area contributed by atoms with Crippen LogP contribution in [0.15, 0.2) is 42.5 Å². The number of aryl methyl sites for hydroxylation is 1. The minimum Gasteiger partial charge on any atom is -0.496 e. The van der Waals surface area contributed by atoms with Crippen molar-refractivity contribution >= 4 is 0 Å². The highest BCUT2D eigenvalue weighted by atomic mass is 16.5. The van der Waals surface area contributed by atoms with Crippen molar-refractivity contribution in [2.75, 3.05) is 13.7 Å². The van der Waals surface area contributed by atoms with Crippen LogP contribution in [-0.4, -0.2) is 13.7 Å². The number of methoxy groups -OCH3 is 1. The molecule has 112 valence electrons. The first-order valence-corrected chi connectivity index (χ1v) is 7.03. The molecule has 0 aliphatic rings. The van der Waals surface area contributed by atoms with Crippen LogP contribution in [0.25, 0.3) is 0 Å². The van der Waals surface area contributed by atoms with Crippen LogP contribution in [-0.2, 0) is 0 Å². The molecule has 1 atom stereocenters. The summed E-state index contributed by atoms with van der Waals surface area (Å²) >= 11 is 0. The molecule has 0 fully saturated rings. The van der Waals surface area contributed by atoms with Crippen molar-refractivity contribution in [1.29, 1.82) is 0 Å². The molecular weight excluding hydrogens is 264 g/mol. The maximum atomic E-state index is 5.74. The molecule has 0 bridgehead atoms. The molecule has 0 spiro atoms. The number of benzene rings is 2. The molecule has 0 radical (unpaired) electrons. The van der Waals surface area contributed by atoms with Crippen LogP contribution < -0.4 is 20.7 Å². The van der Waals surface area contributed by atoms with Crippen LogP contribution in [0.2, 0.25) is 0 Å². The van der Waals surface area contributed by atoms with Crippen molar-refractivity contribution < 1.29 is 9.47 Å². The Labute approximate surface area is 125 Å². The van der Waals surface area contributed by atoms with Gasteiger partial charge >= 0.3 is 0 Å². The molecule has 0 heterocycles. The minimum atomic E-state index is -0.0646. The highest BCUT2D eigenvalue weighted by Crippen LogP contribution is 2.27. The lowest BCUT2D eigenvalue weighted by atomic mass is 9.97. The van der Waals surface area contributed by atoms with Gasteiger partial charge in [-0.1, -0.05) is 24.3 Å². The fourth-order valence-corrected chi connectivity index (χ4v) is 2.39. The Morgan fingerprint density at radius 2 is 1.76 bits per heavy atom. The summed E-state index contributed by atoms with van der Waals surface area (Å²) in [5.41, 5.74) is 6.14. The number of hydrazine groups is 1. The maximum absolute atomic E-state index is 5.74. The first-order valence-electron chi connectivity index (χ1n) is 7.03. The molecular formula is C17H22N2O2. The van der Waals surface area contributed by atoms with E-state index >= 15 is 0 Å². The first-order chi connectivity index (χ1) is 10.2. The molecule has 0 saturated carbocycles. The quantitative estimate of drug-likeness (QED) is 0.633. The number of hydrogen-bond acceptors (Lipinski definition) is 4. The van der Waals surface area contributed by atoms with Gasteiger partial charge in [0.05, 0.1) is 19.8 Å². The maximum Gasteiger partial charge on any atom is 0.121 e. The Kier molecular flexibility index (Phi) is 5.20.